The normalized spacial score (nSPS) is 15.1. The second-order valence-corrected chi connectivity index (χ2v) is 7.12. The highest BCUT2D eigenvalue weighted by atomic mass is 16.2. The lowest BCUT2D eigenvalue weighted by Gasteiger charge is -2.33. The second-order valence-electron chi connectivity index (χ2n) is 7.12. The Kier molecular flexibility index (Phi) is 5.04. The van der Waals surface area contributed by atoms with Crippen LogP contribution in [0.3, 0.4) is 0 Å². The molecule has 0 unspecified atom stereocenters. The van der Waals surface area contributed by atoms with Crippen molar-refractivity contribution in [3.8, 4) is 11.1 Å². The van der Waals surface area contributed by atoms with Crippen molar-refractivity contribution in [2.75, 3.05) is 18.0 Å². The molecule has 1 aliphatic heterocycles. The number of amides is 2. The first kappa shape index (κ1) is 18.1. The molecule has 3 aromatic carbocycles. The third-order valence-corrected chi connectivity index (χ3v) is 5.03. The molecule has 3 aromatic rings. The van der Waals surface area contributed by atoms with Gasteiger partial charge in [-0.25, -0.2) is 4.90 Å². The molecule has 4 nitrogen and oxygen atoms in total. The Morgan fingerprint density at radius 1 is 0.786 bits per heavy atom. The summed E-state index contributed by atoms with van der Waals surface area (Å²) < 4.78 is 0. The molecular weight excluding hydrogens is 348 g/mol. The molecule has 0 aromatic heterocycles. The van der Waals surface area contributed by atoms with Crippen LogP contribution in [0.1, 0.15) is 11.1 Å². The van der Waals surface area contributed by atoms with Gasteiger partial charge in [-0.2, -0.15) is 0 Å². The molecule has 1 aliphatic rings. The summed E-state index contributed by atoms with van der Waals surface area (Å²) in [7, 11) is 0. The summed E-state index contributed by atoms with van der Waals surface area (Å²) in [6.07, 6.45) is 0. The van der Waals surface area contributed by atoms with Crippen LogP contribution in [0.15, 0.2) is 78.9 Å². The molecule has 0 aliphatic carbocycles. The number of carbonyl (C=O) groups excluding carboxylic acids is 2. The highest BCUT2D eigenvalue weighted by Crippen LogP contribution is 2.29. The third-order valence-electron chi connectivity index (χ3n) is 5.03. The minimum atomic E-state index is -0.185. The maximum atomic E-state index is 12.8. The average Bonchev–Trinajstić information content (AvgIpc) is 2.70. The van der Waals surface area contributed by atoms with Crippen LogP contribution >= 0.6 is 0 Å². The first-order valence-corrected chi connectivity index (χ1v) is 9.40. The minimum absolute atomic E-state index is 0.185. The Morgan fingerprint density at radius 2 is 1.39 bits per heavy atom. The van der Waals surface area contributed by atoms with Crippen LogP contribution in [-0.2, 0) is 16.1 Å². The predicted octanol–water partition coefficient (Wildman–Crippen LogP) is 4.04. The van der Waals surface area contributed by atoms with Gasteiger partial charge in [0.25, 0.3) is 0 Å². The molecule has 0 bridgehead atoms. The summed E-state index contributed by atoms with van der Waals surface area (Å²) in [6.45, 7) is 3.09. The van der Waals surface area contributed by atoms with E-state index < -0.39 is 0 Å². The van der Waals surface area contributed by atoms with Crippen molar-refractivity contribution in [3.63, 3.8) is 0 Å². The number of nitrogens with zero attached hydrogens (tertiary/aromatic N) is 2. The molecule has 0 spiro atoms. The van der Waals surface area contributed by atoms with Gasteiger partial charge < -0.3 is 0 Å². The van der Waals surface area contributed by atoms with Gasteiger partial charge in [-0.3, -0.25) is 14.5 Å². The lowest BCUT2D eigenvalue weighted by Crippen LogP contribution is -2.53. The number of carbonyl (C=O) groups is 2. The zero-order valence-electron chi connectivity index (χ0n) is 15.8. The molecule has 0 radical (unpaired) electrons. The molecule has 4 heteroatoms. The van der Waals surface area contributed by atoms with Crippen LogP contribution in [0.4, 0.5) is 5.69 Å². The van der Waals surface area contributed by atoms with Gasteiger partial charge in [0.15, 0.2) is 0 Å². The molecular formula is C24H22N2O2. The van der Waals surface area contributed by atoms with Crippen molar-refractivity contribution in [1.82, 2.24) is 4.90 Å². The van der Waals surface area contributed by atoms with E-state index in [0.717, 1.165) is 22.3 Å². The van der Waals surface area contributed by atoms with Crippen LogP contribution in [0.5, 0.6) is 0 Å². The molecule has 1 heterocycles. The minimum Gasteiger partial charge on any atom is -0.281 e. The molecule has 0 N–H and O–H groups in total. The SMILES string of the molecule is Cc1ccc(N2C(=O)CN(Cc3ccccc3)CC2=O)cc1-c1ccccc1. The standard InChI is InChI=1S/C24H22N2O2/c1-18-12-13-21(14-22(18)20-10-6-3-7-11-20)26-23(27)16-25(17-24(26)28)15-19-8-4-2-5-9-19/h2-14H,15-17H2,1H3. The maximum Gasteiger partial charge on any atom is 0.247 e. The number of hydrogen-bond donors (Lipinski definition) is 0. The topological polar surface area (TPSA) is 40.6 Å². The quantitative estimate of drug-likeness (QED) is 0.651. The zero-order chi connectivity index (χ0) is 19.5. The van der Waals surface area contributed by atoms with Crippen LogP contribution in [-0.4, -0.2) is 29.8 Å². The highest BCUT2D eigenvalue weighted by Gasteiger charge is 2.32. The number of aryl methyl sites for hydroxylation is 1. The van der Waals surface area contributed by atoms with Gasteiger partial charge >= 0.3 is 0 Å². The summed E-state index contributed by atoms with van der Waals surface area (Å²) in [5.41, 5.74) is 4.95. The molecule has 0 atom stereocenters. The number of hydrogen-bond acceptors (Lipinski definition) is 3. The van der Waals surface area contributed by atoms with E-state index in [-0.39, 0.29) is 24.9 Å². The van der Waals surface area contributed by atoms with E-state index >= 15 is 0 Å². The Balaban J connectivity index is 1.57. The summed E-state index contributed by atoms with van der Waals surface area (Å²) >= 11 is 0. The van der Waals surface area contributed by atoms with E-state index in [2.05, 4.69) is 0 Å². The average molecular weight is 370 g/mol. The monoisotopic (exact) mass is 370 g/mol. The van der Waals surface area contributed by atoms with Gasteiger partial charge in [0.05, 0.1) is 18.8 Å². The summed E-state index contributed by atoms with van der Waals surface area (Å²) in [6, 6.07) is 25.7. The third kappa shape index (κ3) is 3.73. The van der Waals surface area contributed by atoms with Gasteiger partial charge in [-0.1, -0.05) is 66.7 Å². The summed E-state index contributed by atoms with van der Waals surface area (Å²) in [5, 5.41) is 0. The summed E-state index contributed by atoms with van der Waals surface area (Å²) in [4.78, 5) is 28.8. The van der Waals surface area contributed by atoms with Crippen molar-refractivity contribution in [2.24, 2.45) is 0 Å². The Labute approximate surface area is 165 Å². The fourth-order valence-corrected chi connectivity index (χ4v) is 3.64. The van der Waals surface area contributed by atoms with Crippen LogP contribution < -0.4 is 4.90 Å². The predicted molar refractivity (Wildman–Crippen MR) is 111 cm³/mol. The van der Waals surface area contributed by atoms with Crippen molar-refractivity contribution in [2.45, 2.75) is 13.5 Å². The Bertz CT molecular complexity index is 982. The number of piperazine rings is 1. The molecule has 1 fully saturated rings. The van der Waals surface area contributed by atoms with Crippen LogP contribution in [0, 0.1) is 6.92 Å². The van der Waals surface area contributed by atoms with Gasteiger partial charge in [0, 0.05) is 6.54 Å². The summed E-state index contributed by atoms with van der Waals surface area (Å²) in [5.74, 6) is -0.370. The van der Waals surface area contributed by atoms with Gasteiger partial charge in [-0.05, 0) is 41.3 Å². The van der Waals surface area contributed by atoms with E-state index in [0.29, 0.717) is 12.2 Å². The number of imide groups is 1. The molecule has 28 heavy (non-hydrogen) atoms. The lowest BCUT2D eigenvalue weighted by atomic mass is 9.99. The molecule has 1 saturated heterocycles. The fraction of sp³-hybridized carbons (Fsp3) is 0.167. The molecule has 2 amide bonds. The Hall–Kier alpha value is -3.24. The van der Waals surface area contributed by atoms with E-state index in [1.807, 2.05) is 90.7 Å². The highest BCUT2D eigenvalue weighted by molar-refractivity contribution is 6.18. The van der Waals surface area contributed by atoms with Crippen molar-refractivity contribution >= 4 is 17.5 Å². The lowest BCUT2D eigenvalue weighted by molar-refractivity contribution is -0.132. The van der Waals surface area contributed by atoms with Crippen molar-refractivity contribution in [1.29, 1.82) is 0 Å². The van der Waals surface area contributed by atoms with Crippen LogP contribution in [0.25, 0.3) is 11.1 Å². The van der Waals surface area contributed by atoms with E-state index in [1.54, 1.807) is 0 Å². The first-order valence-electron chi connectivity index (χ1n) is 9.40. The Morgan fingerprint density at radius 3 is 2.04 bits per heavy atom. The first-order chi connectivity index (χ1) is 13.6. The van der Waals surface area contributed by atoms with Gasteiger partial charge in [-0.15, -0.1) is 0 Å². The van der Waals surface area contributed by atoms with Crippen LogP contribution in [0.2, 0.25) is 0 Å². The van der Waals surface area contributed by atoms with Gasteiger partial charge in [0.2, 0.25) is 11.8 Å². The number of benzene rings is 3. The van der Waals surface area contributed by atoms with Gasteiger partial charge in [0.1, 0.15) is 0 Å². The molecule has 140 valence electrons. The fourth-order valence-electron chi connectivity index (χ4n) is 3.64. The molecule has 4 rings (SSSR count). The van der Waals surface area contributed by atoms with Crippen molar-refractivity contribution < 1.29 is 9.59 Å². The number of anilines is 1. The van der Waals surface area contributed by atoms with E-state index in [4.69, 9.17) is 0 Å². The second kappa shape index (κ2) is 7.79. The smallest absolute Gasteiger partial charge is 0.247 e. The molecule has 0 saturated carbocycles. The van der Waals surface area contributed by atoms with E-state index in [9.17, 15) is 9.59 Å². The number of rotatable bonds is 4. The zero-order valence-corrected chi connectivity index (χ0v) is 15.8. The maximum absolute atomic E-state index is 12.8. The van der Waals surface area contributed by atoms with E-state index in [1.165, 1.54) is 4.90 Å². The largest absolute Gasteiger partial charge is 0.281 e. The van der Waals surface area contributed by atoms with Crippen molar-refractivity contribution in [3.05, 3.63) is 90.0 Å².